The van der Waals surface area contributed by atoms with Gasteiger partial charge in [-0.2, -0.15) is 5.10 Å². The molecular weight excluding hydrogens is 322 g/mol. The number of amides is 2. The average molecular weight is 343 g/mol. The van der Waals surface area contributed by atoms with Crippen LogP contribution in [0.4, 0.5) is 4.79 Å². The van der Waals surface area contributed by atoms with E-state index in [9.17, 15) is 9.59 Å². The summed E-state index contributed by atoms with van der Waals surface area (Å²) in [6, 6.07) is 9.59. The van der Waals surface area contributed by atoms with Crippen LogP contribution < -0.4 is 5.32 Å². The molecule has 0 radical (unpaired) electrons. The van der Waals surface area contributed by atoms with E-state index in [-0.39, 0.29) is 24.9 Å². The van der Waals surface area contributed by atoms with Crippen LogP contribution in [-0.2, 0) is 4.79 Å². The molecule has 0 aliphatic carbocycles. The number of aromatic nitrogens is 3. The summed E-state index contributed by atoms with van der Waals surface area (Å²) in [6.07, 6.45) is 1.54. The molecule has 1 aliphatic rings. The molecule has 3 N–H and O–H groups in total. The molecular formula is C17H21N5O3. The summed E-state index contributed by atoms with van der Waals surface area (Å²) in [5.74, 6) is 0.862. The summed E-state index contributed by atoms with van der Waals surface area (Å²) in [6.45, 7) is 1.38. The molecule has 132 valence electrons. The van der Waals surface area contributed by atoms with Gasteiger partial charge in [-0.15, -0.1) is 0 Å². The molecule has 0 atom stereocenters. The first-order chi connectivity index (χ1) is 12.1. The van der Waals surface area contributed by atoms with Crippen LogP contribution in [0.5, 0.6) is 0 Å². The molecule has 1 fully saturated rings. The highest BCUT2D eigenvalue weighted by molar-refractivity contribution is 5.75. The first kappa shape index (κ1) is 16.9. The first-order valence-electron chi connectivity index (χ1n) is 8.36. The van der Waals surface area contributed by atoms with Gasteiger partial charge in [0.1, 0.15) is 5.82 Å². The molecule has 2 aromatic rings. The van der Waals surface area contributed by atoms with E-state index in [1.807, 2.05) is 30.3 Å². The molecule has 0 saturated carbocycles. The van der Waals surface area contributed by atoms with Crippen molar-refractivity contribution in [3.05, 3.63) is 36.2 Å². The third kappa shape index (κ3) is 4.34. The SMILES string of the molecule is O=C(O)CCNC(=O)N1CCC(c2nc(-c3ccccc3)n[nH]2)CC1. The van der Waals surface area contributed by atoms with Crippen molar-refractivity contribution in [1.29, 1.82) is 0 Å². The number of hydrogen-bond acceptors (Lipinski definition) is 4. The number of benzene rings is 1. The minimum Gasteiger partial charge on any atom is -0.481 e. The maximum absolute atomic E-state index is 12.0. The number of nitrogens with one attached hydrogen (secondary N) is 2. The van der Waals surface area contributed by atoms with Crippen LogP contribution in [-0.4, -0.2) is 56.8 Å². The Morgan fingerprint density at radius 1 is 1.24 bits per heavy atom. The van der Waals surface area contributed by atoms with E-state index >= 15 is 0 Å². The van der Waals surface area contributed by atoms with Crippen LogP contribution in [0, 0.1) is 0 Å². The number of nitrogens with zero attached hydrogens (tertiary/aromatic N) is 3. The van der Waals surface area contributed by atoms with Crippen molar-refractivity contribution in [3.8, 4) is 11.4 Å². The maximum atomic E-state index is 12.0. The van der Waals surface area contributed by atoms with Crippen molar-refractivity contribution >= 4 is 12.0 Å². The van der Waals surface area contributed by atoms with Gasteiger partial charge in [0.25, 0.3) is 0 Å². The Labute approximate surface area is 145 Å². The molecule has 3 rings (SSSR count). The highest BCUT2D eigenvalue weighted by atomic mass is 16.4. The number of hydrogen-bond donors (Lipinski definition) is 3. The predicted octanol–water partition coefficient (Wildman–Crippen LogP) is 1.84. The molecule has 0 unspecified atom stereocenters. The van der Waals surface area contributed by atoms with Gasteiger partial charge >= 0.3 is 12.0 Å². The smallest absolute Gasteiger partial charge is 0.317 e. The van der Waals surface area contributed by atoms with Crippen LogP contribution in [0.15, 0.2) is 30.3 Å². The van der Waals surface area contributed by atoms with Gasteiger partial charge in [-0.25, -0.2) is 9.78 Å². The van der Waals surface area contributed by atoms with Gasteiger partial charge in [-0.1, -0.05) is 30.3 Å². The molecule has 2 heterocycles. The summed E-state index contributed by atoms with van der Waals surface area (Å²) >= 11 is 0. The fourth-order valence-electron chi connectivity index (χ4n) is 2.92. The van der Waals surface area contributed by atoms with Gasteiger partial charge in [-0.05, 0) is 12.8 Å². The van der Waals surface area contributed by atoms with Crippen LogP contribution in [0.2, 0.25) is 0 Å². The molecule has 1 aliphatic heterocycles. The number of piperidine rings is 1. The Hall–Kier alpha value is -2.90. The average Bonchev–Trinajstić information content (AvgIpc) is 3.12. The van der Waals surface area contributed by atoms with Crippen molar-refractivity contribution in [3.63, 3.8) is 0 Å². The second-order valence-electron chi connectivity index (χ2n) is 6.05. The molecule has 0 spiro atoms. The van der Waals surface area contributed by atoms with Crippen LogP contribution in [0.3, 0.4) is 0 Å². The van der Waals surface area contributed by atoms with Crippen LogP contribution in [0.1, 0.15) is 31.0 Å². The lowest BCUT2D eigenvalue weighted by Gasteiger charge is -2.30. The van der Waals surface area contributed by atoms with Gasteiger partial charge in [0, 0.05) is 31.1 Å². The number of rotatable bonds is 5. The second kappa shape index (κ2) is 7.78. The number of carbonyl (C=O) groups is 2. The molecule has 8 nitrogen and oxygen atoms in total. The predicted molar refractivity (Wildman–Crippen MR) is 91.0 cm³/mol. The fourth-order valence-corrected chi connectivity index (χ4v) is 2.92. The highest BCUT2D eigenvalue weighted by Crippen LogP contribution is 2.26. The molecule has 25 heavy (non-hydrogen) atoms. The van der Waals surface area contributed by atoms with Gasteiger partial charge in [0.15, 0.2) is 5.82 Å². The molecule has 1 aromatic heterocycles. The first-order valence-corrected chi connectivity index (χ1v) is 8.36. The van der Waals surface area contributed by atoms with Gasteiger partial charge < -0.3 is 15.3 Å². The molecule has 2 amide bonds. The Balaban J connectivity index is 1.52. The zero-order valence-electron chi connectivity index (χ0n) is 13.8. The van der Waals surface area contributed by atoms with E-state index in [0.717, 1.165) is 24.2 Å². The number of aliphatic carboxylic acids is 1. The summed E-state index contributed by atoms with van der Waals surface area (Å²) in [7, 11) is 0. The Morgan fingerprint density at radius 2 is 1.96 bits per heavy atom. The number of aromatic amines is 1. The number of carboxylic acid groups (broad SMARTS) is 1. The summed E-state index contributed by atoms with van der Waals surface area (Å²) < 4.78 is 0. The second-order valence-corrected chi connectivity index (χ2v) is 6.05. The lowest BCUT2D eigenvalue weighted by Crippen LogP contribution is -2.44. The van der Waals surface area contributed by atoms with Crippen molar-refractivity contribution in [2.75, 3.05) is 19.6 Å². The number of carbonyl (C=O) groups excluding carboxylic acids is 1. The lowest BCUT2D eigenvalue weighted by molar-refractivity contribution is -0.136. The van der Waals surface area contributed by atoms with Gasteiger partial charge in [0.2, 0.25) is 0 Å². The zero-order valence-corrected chi connectivity index (χ0v) is 13.8. The fraction of sp³-hybridized carbons (Fsp3) is 0.412. The Bertz CT molecular complexity index is 723. The van der Waals surface area contributed by atoms with E-state index in [1.54, 1.807) is 4.90 Å². The minimum atomic E-state index is -0.918. The Kier molecular flexibility index (Phi) is 5.27. The van der Waals surface area contributed by atoms with Crippen LogP contribution >= 0.6 is 0 Å². The third-order valence-corrected chi connectivity index (χ3v) is 4.32. The van der Waals surface area contributed by atoms with E-state index in [4.69, 9.17) is 5.11 Å². The van der Waals surface area contributed by atoms with Gasteiger partial charge in [-0.3, -0.25) is 9.89 Å². The van der Waals surface area contributed by atoms with Crippen molar-refractivity contribution in [2.45, 2.75) is 25.2 Å². The normalized spacial score (nSPS) is 15.1. The highest BCUT2D eigenvalue weighted by Gasteiger charge is 2.26. The van der Waals surface area contributed by atoms with E-state index in [0.29, 0.717) is 18.9 Å². The molecule has 0 bridgehead atoms. The lowest BCUT2D eigenvalue weighted by atomic mass is 9.96. The number of H-pyrrole nitrogens is 1. The largest absolute Gasteiger partial charge is 0.481 e. The minimum absolute atomic E-state index is 0.0669. The Morgan fingerprint density at radius 3 is 2.64 bits per heavy atom. The van der Waals surface area contributed by atoms with Gasteiger partial charge in [0.05, 0.1) is 6.42 Å². The zero-order chi connectivity index (χ0) is 17.6. The van der Waals surface area contributed by atoms with E-state index in [1.165, 1.54) is 0 Å². The standard InChI is InChI=1S/C17H21N5O3/c23-14(24)6-9-18-17(25)22-10-7-13(8-11-22)16-19-15(20-21-16)12-4-2-1-3-5-12/h1-5,13H,6-11H2,(H,18,25)(H,23,24)(H,19,20,21). The van der Waals surface area contributed by atoms with E-state index < -0.39 is 5.97 Å². The quantitative estimate of drug-likeness (QED) is 0.767. The van der Waals surface area contributed by atoms with E-state index in [2.05, 4.69) is 20.5 Å². The number of likely N-dealkylation sites (tertiary alicyclic amines) is 1. The molecule has 1 saturated heterocycles. The van der Waals surface area contributed by atoms with Crippen molar-refractivity contribution in [2.24, 2.45) is 0 Å². The third-order valence-electron chi connectivity index (χ3n) is 4.32. The molecule has 1 aromatic carbocycles. The monoisotopic (exact) mass is 343 g/mol. The number of carboxylic acids is 1. The summed E-state index contributed by atoms with van der Waals surface area (Å²) in [5, 5.41) is 18.5. The number of urea groups is 1. The summed E-state index contributed by atoms with van der Waals surface area (Å²) in [4.78, 5) is 28.8. The topological polar surface area (TPSA) is 111 Å². The van der Waals surface area contributed by atoms with Crippen molar-refractivity contribution < 1.29 is 14.7 Å². The summed E-state index contributed by atoms with van der Waals surface area (Å²) in [5.41, 5.74) is 0.972. The van der Waals surface area contributed by atoms with Crippen molar-refractivity contribution in [1.82, 2.24) is 25.4 Å². The maximum Gasteiger partial charge on any atom is 0.317 e. The van der Waals surface area contributed by atoms with Crippen LogP contribution in [0.25, 0.3) is 11.4 Å². The molecule has 8 heteroatoms.